The molecule has 7 heteroatoms. The van der Waals surface area contributed by atoms with Crippen molar-refractivity contribution in [1.82, 2.24) is 4.57 Å². The van der Waals surface area contributed by atoms with E-state index < -0.39 is 35.5 Å². The largest absolute Gasteiger partial charge is 0.459 e. The molecule has 1 aromatic heterocycles. The van der Waals surface area contributed by atoms with Gasteiger partial charge in [0.05, 0.1) is 0 Å². The van der Waals surface area contributed by atoms with E-state index in [2.05, 4.69) is 0 Å². The van der Waals surface area contributed by atoms with Crippen LogP contribution in [0.2, 0.25) is 0 Å². The molecule has 0 saturated carbocycles. The molecule has 108 valence electrons. The highest BCUT2D eigenvalue weighted by molar-refractivity contribution is 5.77. The van der Waals surface area contributed by atoms with Gasteiger partial charge >= 0.3 is 11.7 Å². The van der Waals surface area contributed by atoms with Gasteiger partial charge < -0.3 is 9.15 Å². The minimum Gasteiger partial charge on any atom is -0.459 e. The van der Waals surface area contributed by atoms with Crippen molar-refractivity contribution in [3.8, 4) is 0 Å². The molecular formula is C13H13F2NO4. The molecule has 0 bridgehead atoms. The van der Waals surface area contributed by atoms with Crippen LogP contribution >= 0.6 is 0 Å². The lowest BCUT2D eigenvalue weighted by molar-refractivity contribution is -0.155. The highest BCUT2D eigenvalue weighted by Gasteiger charge is 2.22. The summed E-state index contributed by atoms with van der Waals surface area (Å²) in [4.78, 5) is 23.3. The number of nitrogens with zero attached hydrogens (tertiary/aromatic N) is 1. The van der Waals surface area contributed by atoms with Crippen LogP contribution in [0, 0.1) is 11.6 Å². The monoisotopic (exact) mass is 285 g/mol. The first-order chi connectivity index (χ1) is 9.19. The van der Waals surface area contributed by atoms with Gasteiger partial charge in [-0.25, -0.2) is 13.6 Å². The van der Waals surface area contributed by atoms with Gasteiger partial charge in [0.1, 0.15) is 17.7 Å². The maximum absolute atomic E-state index is 13.7. The molecule has 0 radical (unpaired) electrons. The lowest BCUT2D eigenvalue weighted by Crippen LogP contribution is -2.29. The Kier molecular flexibility index (Phi) is 3.37. The lowest BCUT2D eigenvalue weighted by Gasteiger charge is -2.19. The number of ether oxygens (including phenoxy) is 1. The lowest BCUT2D eigenvalue weighted by atomic mass is 10.2. The third-order valence-corrected chi connectivity index (χ3v) is 2.43. The van der Waals surface area contributed by atoms with E-state index in [1.165, 1.54) is 0 Å². The second-order valence-electron chi connectivity index (χ2n) is 5.25. The van der Waals surface area contributed by atoms with Gasteiger partial charge in [-0.1, -0.05) is 0 Å². The Morgan fingerprint density at radius 2 is 2.00 bits per heavy atom. The Hall–Kier alpha value is -2.18. The number of benzene rings is 1. The van der Waals surface area contributed by atoms with Crippen molar-refractivity contribution in [1.29, 1.82) is 0 Å². The van der Waals surface area contributed by atoms with Gasteiger partial charge in [0, 0.05) is 0 Å². The number of fused-ring (bicyclic) bond motifs is 1. The summed E-state index contributed by atoms with van der Waals surface area (Å²) in [6.45, 7) is 4.41. The number of rotatable bonds is 2. The van der Waals surface area contributed by atoms with Crippen molar-refractivity contribution >= 4 is 17.1 Å². The van der Waals surface area contributed by atoms with Gasteiger partial charge in [0.15, 0.2) is 17.2 Å². The van der Waals surface area contributed by atoms with E-state index in [0.717, 1.165) is 12.1 Å². The number of hydrogen-bond acceptors (Lipinski definition) is 4. The SMILES string of the molecule is CC(C)(C)OC(=O)Cn1c(=O)oc2ccc(F)c(F)c21. The fraction of sp³-hybridized carbons (Fsp3) is 0.385. The summed E-state index contributed by atoms with van der Waals surface area (Å²) in [5.41, 5.74) is -1.26. The van der Waals surface area contributed by atoms with Crippen molar-refractivity contribution in [2.75, 3.05) is 0 Å². The first-order valence-corrected chi connectivity index (χ1v) is 5.88. The Balaban J connectivity index is 2.45. The van der Waals surface area contributed by atoms with E-state index in [1.807, 2.05) is 0 Å². The molecule has 1 aromatic carbocycles. The number of oxazole rings is 1. The molecule has 0 atom stereocenters. The minimum absolute atomic E-state index is 0.127. The molecule has 0 amide bonds. The van der Waals surface area contributed by atoms with Crippen LogP contribution in [0.15, 0.2) is 21.3 Å². The van der Waals surface area contributed by atoms with Crippen molar-refractivity contribution in [3.05, 3.63) is 34.3 Å². The van der Waals surface area contributed by atoms with Crippen LogP contribution in [0.4, 0.5) is 8.78 Å². The van der Waals surface area contributed by atoms with E-state index >= 15 is 0 Å². The number of hydrogen-bond donors (Lipinski definition) is 0. The second kappa shape index (κ2) is 4.73. The molecule has 1 heterocycles. The van der Waals surface area contributed by atoms with Gasteiger partial charge in [0.25, 0.3) is 0 Å². The summed E-state index contributed by atoms with van der Waals surface area (Å²) >= 11 is 0. The Bertz CT molecular complexity index is 724. The van der Waals surface area contributed by atoms with Crippen molar-refractivity contribution < 1.29 is 22.7 Å². The van der Waals surface area contributed by atoms with Crippen LogP contribution in [0.25, 0.3) is 11.1 Å². The van der Waals surface area contributed by atoms with Gasteiger partial charge in [0.2, 0.25) is 0 Å². The molecule has 2 aromatic rings. The third-order valence-electron chi connectivity index (χ3n) is 2.43. The standard InChI is InChI=1S/C13H13F2NO4/c1-13(2,3)20-9(17)6-16-11-8(19-12(16)18)5-4-7(14)10(11)15/h4-5H,6H2,1-3H3. The summed E-state index contributed by atoms with van der Waals surface area (Å²) in [5, 5.41) is 0. The Morgan fingerprint density at radius 1 is 1.35 bits per heavy atom. The molecule has 20 heavy (non-hydrogen) atoms. The predicted molar refractivity (Wildman–Crippen MR) is 66.2 cm³/mol. The number of esters is 1. The number of aromatic nitrogens is 1. The van der Waals surface area contributed by atoms with Crippen LogP contribution in [0.5, 0.6) is 0 Å². The molecule has 0 spiro atoms. The van der Waals surface area contributed by atoms with Crippen LogP contribution in [-0.2, 0) is 16.1 Å². The number of halogens is 2. The molecule has 0 N–H and O–H groups in total. The fourth-order valence-corrected chi connectivity index (χ4v) is 1.74. The molecule has 2 rings (SSSR count). The molecule has 0 saturated heterocycles. The third kappa shape index (κ3) is 2.71. The van der Waals surface area contributed by atoms with Gasteiger partial charge in [-0.2, -0.15) is 0 Å². The first-order valence-electron chi connectivity index (χ1n) is 5.88. The van der Waals surface area contributed by atoms with Gasteiger partial charge in [-0.15, -0.1) is 0 Å². The molecule has 0 aliphatic carbocycles. The summed E-state index contributed by atoms with van der Waals surface area (Å²) in [6, 6.07) is 1.97. The van der Waals surface area contributed by atoms with Crippen molar-refractivity contribution in [2.45, 2.75) is 32.9 Å². The molecule has 0 aliphatic heterocycles. The molecule has 0 fully saturated rings. The average Bonchev–Trinajstić information content (AvgIpc) is 2.59. The fourth-order valence-electron chi connectivity index (χ4n) is 1.74. The Morgan fingerprint density at radius 3 is 2.60 bits per heavy atom. The molecule has 0 aliphatic rings. The van der Waals surface area contributed by atoms with Crippen LogP contribution in [-0.4, -0.2) is 16.1 Å². The zero-order chi connectivity index (χ0) is 15.1. The van der Waals surface area contributed by atoms with Gasteiger partial charge in [-0.05, 0) is 32.9 Å². The zero-order valence-electron chi connectivity index (χ0n) is 11.2. The van der Waals surface area contributed by atoms with Gasteiger partial charge in [-0.3, -0.25) is 9.36 Å². The number of carbonyl (C=O) groups is 1. The summed E-state index contributed by atoms with van der Waals surface area (Å²) in [5.74, 6) is -4.06. The molecule has 0 unspecified atom stereocenters. The van der Waals surface area contributed by atoms with E-state index in [9.17, 15) is 18.4 Å². The normalized spacial score (nSPS) is 11.8. The highest BCUT2D eigenvalue weighted by Crippen LogP contribution is 2.19. The van der Waals surface area contributed by atoms with Crippen LogP contribution < -0.4 is 5.76 Å². The first kappa shape index (κ1) is 14.2. The Labute approximate surface area is 112 Å². The van der Waals surface area contributed by atoms with E-state index in [-0.39, 0.29) is 11.1 Å². The van der Waals surface area contributed by atoms with E-state index in [1.54, 1.807) is 20.8 Å². The van der Waals surface area contributed by atoms with Crippen LogP contribution in [0.1, 0.15) is 20.8 Å². The van der Waals surface area contributed by atoms with Crippen molar-refractivity contribution in [2.24, 2.45) is 0 Å². The molecular weight excluding hydrogens is 272 g/mol. The van der Waals surface area contributed by atoms with Crippen molar-refractivity contribution in [3.63, 3.8) is 0 Å². The second-order valence-corrected chi connectivity index (χ2v) is 5.25. The highest BCUT2D eigenvalue weighted by atomic mass is 19.2. The quantitative estimate of drug-likeness (QED) is 0.794. The van der Waals surface area contributed by atoms with Crippen LogP contribution in [0.3, 0.4) is 0 Å². The average molecular weight is 285 g/mol. The number of carbonyl (C=O) groups excluding carboxylic acids is 1. The van der Waals surface area contributed by atoms with E-state index in [4.69, 9.17) is 9.15 Å². The maximum atomic E-state index is 13.7. The molecule has 5 nitrogen and oxygen atoms in total. The maximum Gasteiger partial charge on any atom is 0.420 e. The summed E-state index contributed by atoms with van der Waals surface area (Å²) in [6.07, 6.45) is 0. The predicted octanol–water partition coefficient (Wildman–Crippen LogP) is 2.21. The zero-order valence-corrected chi connectivity index (χ0v) is 11.2. The summed E-state index contributed by atoms with van der Waals surface area (Å²) in [7, 11) is 0. The minimum atomic E-state index is -1.24. The van der Waals surface area contributed by atoms with E-state index in [0.29, 0.717) is 4.57 Å². The smallest absolute Gasteiger partial charge is 0.420 e. The summed E-state index contributed by atoms with van der Waals surface area (Å²) < 4.78 is 37.4. The topological polar surface area (TPSA) is 61.4 Å².